The molecule has 0 aromatic heterocycles. The van der Waals surface area contributed by atoms with Crippen molar-refractivity contribution in [2.24, 2.45) is 0 Å². The Kier molecular flexibility index (Phi) is 7.76. The molecule has 1 unspecified atom stereocenters. The second-order valence-corrected chi connectivity index (χ2v) is 10.0. The van der Waals surface area contributed by atoms with Crippen LogP contribution in [0.15, 0.2) is 42.5 Å². The summed E-state index contributed by atoms with van der Waals surface area (Å²) in [6.45, 7) is 5.22. The van der Waals surface area contributed by atoms with Gasteiger partial charge in [-0.15, -0.1) is 0 Å². The van der Waals surface area contributed by atoms with Crippen LogP contribution in [0, 0.1) is 0 Å². The Morgan fingerprint density at radius 3 is 2.29 bits per heavy atom. The molecule has 168 valence electrons. The van der Waals surface area contributed by atoms with E-state index < -0.39 is 7.52 Å². The lowest BCUT2D eigenvalue weighted by Crippen LogP contribution is -2.43. The fraction of sp³-hybridized carbons (Fsp3) is 0.435. The number of rotatable bonds is 8. The van der Waals surface area contributed by atoms with E-state index in [2.05, 4.69) is 5.32 Å². The van der Waals surface area contributed by atoms with Crippen molar-refractivity contribution in [1.82, 2.24) is 9.99 Å². The predicted octanol–water partition coefficient (Wildman–Crippen LogP) is 4.42. The maximum atomic E-state index is 12.9. The summed E-state index contributed by atoms with van der Waals surface area (Å²) in [5.74, 6) is 1.27. The Bertz CT molecular complexity index is 934. The van der Waals surface area contributed by atoms with Gasteiger partial charge in [0.25, 0.3) is 13.4 Å². The molecule has 31 heavy (non-hydrogen) atoms. The van der Waals surface area contributed by atoms with Crippen molar-refractivity contribution in [3.8, 4) is 22.6 Å². The van der Waals surface area contributed by atoms with Gasteiger partial charge in [0, 0.05) is 37.4 Å². The van der Waals surface area contributed by atoms with E-state index in [1.54, 1.807) is 27.0 Å². The highest BCUT2D eigenvalue weighted by Crippen LogP contribution is 2.48. The molecular formula is C23H31N2O5P. The average molecular weight is 446 g/mol. The van der Waals surface area contributed by atoms with Crippen LogP contribution in [0.25, 0.3) is 11.1 Å². The second kappa shape index (κ2) is 10.3. The SMILES string of the molecule is CCOP(C)(=O)N1CCC(NC(=O)c2cccc(-c3cc(OC)cc(OC)c3)c2)CC1. The van der Waals surface area contributed by atoms with Gasteiger partial charge in [0.15, 0.2) is 0 Å². The van der Waals surface area contributed by atoms with Crippen LogP contribution in [-0.4, -0.2) is 57.2 Å². The van der Waals surface area contributed by atoms with E-state index in [1.807, 2.05) is 48.0 Å². The van der Waals surface area contributed by atoms with Crippen molar-refractivity contribution in [3.05, 3.63) is 48.0 Å². The van der Waals surface area contributed by atoms with Crippen molar-refractivity contribution in [1.29, 1.82) is 0 Å². The van der Waals surface area contributed by atoms with Crippen molar-refractivity contribution in [2.75, 3.05) is 40.6 Å². The number of nitrogens with one attached hydrogen (secondary N) is 1. The van der Waals surface area contributed by atoms with Crippen LogP contribution in [0.5, 0.6) is 11.5 Å². The lowest BCUT2D eigenvalue weighted by Gasteiger charge is -2.35. The maximum absolute atomic E-state index is 12.9. The molecule has 1 aliphatic heterocycles. The summed E-state index contributed by atoms with van der Waals surface area (Å²) in [5.41, 5.74) is 2.41. The largest absolute Gasteiger partial charge is 0.497 e. The molecule has 3 rings (SSSR count). The predicted molar refractivity (Wildman–Crippen MR) is 122 cm³/mol. The summed E-state index contributed by atoms with van der Waals surface area (Å²) >= 11 is 0. The average Bonchev–Trinajstić information content (AvgIpc) is 2.79. The number of nitrogens with zero attached hydrogens (tertiary/aromatic N) is 1. The molecule has 1 N–H and O–H groups in total. The van der Waals surface area contributed by atoms with Gasteiger partial charge in [-0.2, -0.15) is 0 Å². The Hall–Kier alpha value is -2.34. The number of amides is 1. The molecule has 2 aromatic rings. The molecule has 1 atom stereocenters. The second-order valence-electron chi connectivity index (χ2n) is 7.60. The zero-order chi connectivity index (χ0) is 22.4. The minimum absolute atomic E-state index is 0.0472. The number of carbonyl (C=O) groups excluding carboxylic acids is 1. The van der Waals surface area contributed by atoms with E-state index in [9.17, 15) is 9.36 Å². The third-order valence-electron chi connectivity index (χ3n) is 5.50. The van der Waals surface area contributed by atoms with Crippen molar-refractivity contribution >= 4 is 13.4 Å². The van der Waals surface area contributed by atoms with Crippen LogP contribution in [-0.2, 0) is 9.09 Å². The Balaban J connectivity index is 1.67. The summed E-state index contributed by atoms with van der Waals surface area (Å²) in [5, 5.41) is 3.12. The molecule has 8 heteroatoms. The lowest BCUT2D eigenvalue weighted by atomic mass is 10.0. The van der Waals surface area contributed by atoms with Crippen molar-refractivity contribution in [3.63, 3.8) is 0 Å². The first kappa shape index (κ1) is 23.3. The highest BCUT2D eigenvalue weighted by atomic mass is 31.2. The molecule has 1 amide bonds. The van der Waals surface area contributed by atoms with Gasteiger partial charge in [-0.3, -0.25) is 9.36 Å². The molecule has 0 saturated carbocycles. The van der Waals surface area contributed by atoms with E-state index in [1.165, 1.54) is 0 Å². The first-order valence-electron chi connectivity index (χ1n) is 10.5. The van der Waals surface area contributed by atoms with E-state index in [-0.39, 0.29) is 11.9 Å². The zero-order valence-electron chi connectivity index (χ0n) is 18.6. The topological polar surface area (TPSA) is 77.1 Å². The van der Waals surface area contributed by atoms with Gasteiger partial charge < -0.3 is 19.3 Å². The van der Waals surface area contributed by atoms with Gasteiger partial charge in [0.05, 0.1) is 20.8 Å². The number of methoxy groups -OCH3 is 2. The van der Waals surface area contributed by atoms with Gasteiger partial charge in [-0.05, 0) is 55.2 Å². The number of hydrogen-bond acceptors (Lipinski definition) is 5. The summed E-state index contributed by atoms with van der Waals surface area (Å²) in [6, 6.07) is 13.2. The molecule has 2 aromatic carbocycles. The molecule has 0 aliphatic carbocycles. The van der Waals surface area contributed by atoms with Gasteiger partial charge in [-0.1, -0.05) is 12.1 Å². The molecule has 1 fully saturated rings. The summed E-state index contributed by atoms with van der Waals surface area (Å²) in [7, 11) is 0.480. The Labute approximate surface area is 184 Å². The molecular weight excluding hydrogens is 415 g/mol. The number of piperidine rings is 1. The first-order valence-corrected chi connectivity index (χ1v) is 12.5. The van der Waals surface area contributed by atoms with Gasteiger partial charge in [-0.25, -0.2) is 4.67 Å². The number of ether oxygens (including phenoxy) is 2. The summed E-state index contributed by atoms with van der Waals surface area (Å²) < 4.78 is 30.6. The maximum Gasteiger partial charge on any atom is 0.269 e. The quantitative estimate of drug-likeness (QED) is 0.605. The normalized spacial score (nSPS) is 17.0. The molecule has 0 spiro atoms. The van der Waals surface area contributed by atoms with Gasteiger partial charge in [0.1, 0.15) is 11.5 Å². The first-order chi connectivity index (χ1) is 14.9. The summed E-state index contributed by atoms with van der Waals surface area (Å²) in [6.07, 6.45) is 1.48. The highest BCUT2D eigenvalue weighted by molar-refractivity contribution is 7.55. The number of hydrogen-bond donors (Lipinski definition) is 1. The Morgan fingerprint density at radius 1 is 1.06 bits per heavy atom. The molecule has 7 nitrogen and oxygen atoms in total. The van der Waals surface area contributed by atoms with Crippen LogP contribution >= 0.6 is 7.52 Å². The smallest absolute Gasteiger partial charge is 0.269 e. The molecule has 0 radical (unpaired) electrons. The van der Waals surface area contributed by atoms with Gasteiger partial charge in [0.2, 0.25) is 0 Å². The third-order valence-corrected chi connectivity index (χ3v) is 7.66. The van der Waals surface area contributed by atoms with E-state index >= 15 is 0 Å². The van der Waals surface area contributed by atoms with Crippen LogP contribution in [0.3, 0.4) is 0 Å². The molecule has 1 saturated heterocycles. The van der Waals surface area contributed by atoms with Crippen LogP contribution in [0.4, 0.5) is 0 Å². The fourth-order valence-electron chi connectivity index (χ4n) is 3.78. The zero-order valence-corrected chi connectivity index (χ0v) is 19.5. The third kappa shape index (κ3) is 5.88. The number of benzene rings is 2. The highest BCUT2D eigenvalue weighted by Gasteiger charge is 2.30. The summed E-state index contributed by atoms with van der Waals surface area (Å²) in [4.78, 5) is 12.9. The van der Waals surface area contributed by atoms with Crippen LogP contribution in [0.1, 0.15) is 30.1 Å². The molecule has 1 heterocycles. The molecule has 0 bridgehead atoms. The van der Waals surface area contributed by atoms with Crippen LogP contribution < -0.4 is 14.8 Å². The van der Waals surface area contributed by atoms with E-state index in [0.717, 1.165) is 24.0 Å². The standard InChI is InChI=1S/C23H31N2O5P/c1-5-30-31(4,27)25-11-9-20(10-12-25)24-23(26)18-8-6-7-17(13-18)19-14-21(28-2)16-22(15-19)29-3/h6-8,13-16,20H,5,9-12H2,1-4H3,(H,24,26). The number of carbonyl (C=O) groups is 1. The monoisotopic (exact) mass is 446 g/mol. The van der Waals surface area contributed by atoms with E-state index in [4.69, 9.17) is 14.0 Å². The van der Waals surface area contributed by atoms with Crippen molar-refractivity contribution in [2.45, 2.75) is 25.8 Å². The molecule has 1 aliphatic rings. The lowest BCUT2D eigenvalue weighted by molar-refractivity contribution is 0.0922. The van der Waals surface area contributed by atoms with Gasteiger partial charge >= 0.3 is 0 Å². The Morgan fingerprint density at radius 2 is 1.71 bits per heavy atom. The fourth-order valence-corrected chi connectivity index (χ4v) is 5.38. The minimum Gasteiger partial charge on any atom is -0.497 e. The van der Waals surface area contributed by atoms with Crippen LogP contribution in [0.2, 0.25) is 0 Å². The minimum atomic E-state index is -2.74. The van der Waals surface area contributed by atoms with E-state index in [0.29, 0.717) is 36.8 Å². The van der Waals surface area contributed by atoms with Crippen molar-refractivity contribution < 1.29 is 23.4 Å².